The Morgan fingerprint density at radius 3 is 1.78 bits per heavy atom. The van der Waals surface area contributed by atoms with Crippen molar-refractivity contribution in [3.63, 3.8) is 0 Å². The molecule has 2 heteroatoms. The van der Waals surface area contributed by atoms with Gasteiger partial charge in [-0.05, 0) is 29.7 Å². The van der Waals surface area contributed by atoms with Crippen LogP contribution in [0.15, 0.2) is 54.6 Å². The second-order valence-electron chi connectivity index (χ2n) is 4.43. The molecule has 0 bridgehead atoms. The van der Waals surface area contributed by atoms with Crippen LogP contribution in [0, 0.1) is 0 Å². The summed E-state index contributed by atoms with van der Waals surface area (Å²) in [5.41, 5.74) is 2.33. The first-order chi connectivity index (χ1) is 11.3. The maximum atomic E-state index is 6.00. The van der Waals surface area contributed by atoms with Crippen LogP contribution >= 0.6 is 0 Å². The molecular formula is C21H32O2. The number of rotatable bonds is 6. The van der Waals surface area contributed by atoms with Crippen LogP contribution in [0.3, 0.4) is 0 Å². The highest BCUT2D eigenvalue weighted by atomic mass is 16.5. The van der Waals surface area contributed by atoms with Crippen LogP contribution in [-0.2, 0) is 4.74 Å². The van der Waals surface area contributed by atoms with Gasteiger partial charge in [-0.3, -0.25) is 0 Å². The van der Waals surface area contributed by atoms with Gasteiger partial charge in [0.15, 0.2) is 0 Å². The standard InChI is InChI=1S/C17H20O2.2C2H6/c1-3-13-19-17(14-7-5-4-6-8-14)15-9-11-16(18-2)12-10-15;2*1-2/h4-12,17H,3,13H2,1-2H3;2*1-2H3. The predicted molar refractivity (Wildman–Crippen MR) is 100 cm³/mol. The van der Waals surface area contributed by atoms with E-state index >= 15 is 0 Å². The first-order valence-corrected chi connectivity index (χ1v) is 8.65. The second kappa shape index (κ2) is 13.8. The maximum absolute atomic E-state index is 6.00. The molecule has 2 aromatic rings. The number of methoxy groups -OCH3 is 1. The first kappa shape index (κ1) is 21.2. The SMILES string of the molecule is CC.CC.CCCOC(c1ccccc1)c1ccc(OC)cc1. The van der Waals surface area contributed by atoms with Crippen LogP contribution in [0.4, 0.5) is 0 Å². The Morgan fingerprint density at radius 2 is 1.30 bits per heavy atom. The molecule has 0 aliphatic rings. The maximum Gasteiger partial charge on any atom is 0.118 e. The molecule has 1 unspecified atom stereocenters. The Bertz CT molecular complexity index is 477. The van der Waals surface area contributed by atoms with Crippen molar-refractivity contribution >= 4 is 0 Å². The van der Waals surface area contributed by atoms with Crippen molar-refractivity contribution in [1.82, 2.24) is 0 Å². The molecular weight excluding hydrogens is 284 g/mol. The number of benzene rings is 2. The lowest BCUT2D eigenvalue weighted by Crippen LogP contribution is -2.07. The molecule has 0 amide bonds. The number of ether oxygens (including phenoxy) is 2. The summed E-state index contributed by atoms with van der Waals surface area (Å²) in [6.07, 6.45) is 1.01. The summed E-state index contributed by atoms with van der Waals surface area (Å²) in [7, 11) is 1.68. The average molecular weight is 316 g/mol. The number of hydrogen-bond donors (Lipinski definition) is 0. The summed E-state index contributed by atoms with van der Waals surface area (Å²) in [5.74, 6) is 0.867. The summed E-state index contributed by atoms with van der Waals surface area (Å²) >= 11 is 0. The van der Waals surface area contributed by atoms with E-state index in [9.17, 15) is 0 Å². The van der Waals surface area contributed by atoms with Crippen molar-refractivity contribution in [2.75, 3.05) is 13.7 Å². The van der Waals surface area contributed by atoms with E-state index in [0.29, 0.717) is 0 Å². The minimum atomic E-state index is -0.00736. The van der Waals surface area contributed by atoms with Crippen molar-refractivity contribution in [2.45, 2.75) is 47.1 Å². The highest BCUT2D eigenvalue weighted by Gasteiger charge is 2.14. The van der Waals surface area contributed by atoms with E-state index in [1.54, 1.807) is 7.11 Å². The molecule has 0 fully saturated rings. The molecule has 23 heavy (non-hydrogen) atoms. The molecule has 0 aliphatic carbocycles. The van der Waals surface area contributed by atoms with E-state index < -0.39 is 0 Å². The smallest absolute Gasteiger partial charge is 0.118 e. The highest BCUT2D eigenvalue weighted by Crippen LogP contribution is 2.27. The Kier molecular flexibility index (Phi) is 12.8. The normalized spacial score (nSPS) is 10.5. The lowest BCUT2D eigenvalue weighted by molar-refractivity contribution is 0.0806. The zero-order chi connectivity index (χ0) is 17.5. The van der Waals surface area contributed by atoms with Crippen LogP contribution in [-0.4, -0.2) is 13.7 Å². The molecule has 0 radical (unpaired) electrons. The van der Waals surface area contributed by atoms with Crippen molar-refractivity contribution in [3.8, 4) is 5.75 Å². The Balaban J connectivity index is 0.00000112. The summed E-state index contributed by atoms with van der Waals surface area (Å²) in [5, 5.41) is 0. The first-order valence-electron chi connectivity index (χ1n) is 8.65. The van der Waals surface area contributed by atoms with Gasteiger partial charge in [0.1, 0.15) is 11.9 Å². The number of hydrogen-bond acceptors (Lipinski definition) is 2. The van der Waals surface area contributed by atoms with Gasteiger partial charge in [-0.2, -0.15) is 0 Å². The van der Waals surface area contributed by atoms with Gasteiger partial charge in [0, 0.05) is 6.61 Å². The molecule has 2 rings (SSSR count). The van der Waals surface area contributed by atoms with Crippen LogP contribution in [0.2, 0.25) is 0 Å². The largest absolute Gasteiger partial charge is 0.497 e. The van der Waals surface area contributed by atoms with Crippen molar-refractivity contribution in [2.24, 2.45) is 0 Å². The van der Waals surface area contributed by atoms with E-state index in [4.69, 9.17) is 9.47 Å². The Morgan fingerprint density at radius 1 is 0.783 bits per heavy atom. The zero-order valence-corrected chi connectivity index (χ0v) is 15.5. The van der Waals surface area contributed by atoms with Gasteiger partial charge in [-0.25, -0.2) is 0 Å². The molecule has 128 valence electrons. The van der Waals surface area contributed by atoms with Crippen molar-refractivity contribution in [3.05, 3.63) is 65.7 Å². The molecule has 0 saturated heterocycles. The summed E-state index contributed by atoms with van der Waals surface area (Å²) in [6.45, 7) is 10.9. The summed E-state index contributed by atoms with van der Waals surface area (Å²) in [6, 6.07) is 18.4. The zero-order valence-electron chi connectivity index (χ0n) is 15.5. The highest BCUT2D eigenvalue weighted by molar-refractivity contribution is 5.34. The van der Waals surface area contributed by atoms with Crippen LogP contribution < -0.4 is 4.74 Å². The van der Waals surface area contributed by atoms with Crippen LogP contribution in [0.5, 0.6) is 5.75 Å². The summed E-state index contributed by atoms with van der Waals surface area (Å²) < 4.78 is 11.2. The van der Waals surface area contributed by atoms with Crippen molar-refractivity contribution in [1.29, 1.82) is 0 Å². The van der Waals surface area contributed by atoms with Crippen LogP contribution in [0.25, 0.3) is 0 Å². The van der Waals surface area contributed by atoms with Gasteiger partial charge >= 0.3 is 0 Å². The third-order valence-corrected chi connectivity index (χ3v) is 3.01. The minimum Gasteiger partial charge on any atom is -0.497 e. The van der Waals surface area contributed by atoms with E-state index in [1.807, 2.05) is 58.0 Å². The molecule has 0 spiro atoms. The van der Waals surface area contributed by atoms with Gasteiger partial charge in [0.05, 0.1) is 7.11 Å². The third-order valence-electron chi connectivity index (χ3n) is 3.01. The summed E-state index contributed by atoms with van der Waals surface area (Å²) in [4.78, 5) is 0. The Labute approximate surface area is 142 Å². The predicted octanol–water partition coefficient (Wildman–Crippen LogP) is 6.26. The molecule has 1 atom stereocenters. The fourth-order valence-electron chi connectivity index (χ4n) is 2.03. The molecule has 0 aliphatic heterocycles. The third kappa shape index (κ3) is 7.34. The lowest BCUT2D eigenvalue weighted by atomic mass is 10.0. The monoisotopic (exact) mass is 316 g/mol. The van der Waals surface area contributed by atoms with Gasteiger partial charge < -0.3 is 9.47 Å². The molecule has 0 heterocycles. The van der Waals surface area contributed by atoms with E-state index in [0.717, 1.165) is 24.3 Å². The van der Waals surface area contributed by atoms with E-state index in [2.05, 4.69) is 31.2 Å². The molecule has 2 aromatic carbocycles. The fraction of sp³-hybridized carbons (Fsp3) is 0.429. The van der Waals surface area contributed by atoms with Gasteiger partial charge in [-0.1, -0.05) is 77.1 Å². The second-order valence-corrected chi connectivity index (χ2v) is 4.43. The quantitative estimate of drug-likeness (QED) is 0.626. The molecule has 0 aromatic heterocycles. The molecule has 0 N–H and O–H groups in total. The minimum absolute atomic E-state index is 0.00736. The van der Waals surface area contributed by atoms with Gasteiger partial charge in [0.25, 0.3) is 0 Å². The molecule has 2 nitrogen and oxygen atoms in total. The average Bonchev–Trinajstić information content (AvgIpc) is 2.67. The van der Waals surface area contributed by atoms with Gasteiger partial charge in [-0.15, -0.1) is 0 Å². The van der Waals surface area contributed by atoms with Crippen LogP contribution in [0.1, 0.15) is 58.3 Å². The lowest BCUT2D eigenvalue weighted by Gasteiger charge is -2.19. The van der Waals surface area contributed by atoms with Gasteiger partial charge in [0.2, 0.25) is 0 Å². The van der Waals surface area contributed by atoms with Crippen molar-refractivity contribution < 1.29 is 9.47 Å². The molecule has 0 saturated carbocycles. The van der Waals surface area contributed by atoms with E-state index in [1.165, 1.54) is 5.56 Å². The van der Waals surface area contributed by atoms with E-state index in [-0.39, 0.29) is 6.10 Å². The topological polar surface area (TPSA) is 18.5 Å². The fourth-order valence-corrected chi connectivity index (χ4v) is 2.03. The Hall–Kier alpha value is -1.80.